The normalized spacial score (nSPS) is 24.9. The topological polar surface area (TPSA) is 42.9 Å². The first-order chi connectivity index (χ1) is 8.56. The number of rotatable bonds is 4. The van der Waals surface area contributed by atoms with Crippen molar-refractivity contribution >= 4 is 5.96 Å². The van der Waals surface area contributed by atoms with E-state index in [9.17, 15) is 0 Å². The van der Waals surface area contributed by atoms with E-state index < -0.39 is 0 Å². The zero-order valence-electron chi connectivity index (χ0n) is 12.5. The largest absolute Gasteiger partial charge is 0.355 e. The van der Waals surface area contributed by atoms with Gasteiger partial charge >= 0.3 is 0 Å². The van der Waals surface area contributed by atoms with Crippen LogP contribution >= 0.6 is 0 Å². The molecule has 2 atom stereocenters. The zero-order valence-corrected chi connectivity index (χ0v) is 12.5. The van der Waals surface area contributed by atoms with Crippen molar-refractivity contribution in [3.05, 3.63) is 0 Å². The van der Waals surface area contributed by atoms with E-state index in [-0.39, 0.29) is 0 Å². The summed E-state index contributed by atoms with van der Waals surface area (Å²) in [5.74, 6) is 0.908. The van der Waals surface area contributed by atoms with Crippen molar-refractivity contribution in [2.45, 2.75) is 32.4 Å². The minimum Gasteiger partial charge on any atom is -0.355 e. The molecule has 0 aromatic carbocycles. The summed E-state index contributed by atoms with van der Waals surface area (Å²) in [6.07, 6.45) is 1.10. The molecule has 5 heteroatoms. The van der Waals surface area contributed by atoms with Crippen LogP contribution in [0.1, 0.15) is 20.3 Å². The fourth-order valence-corrected chi connectivity index (χ4v) is 2.07. The van der Waals surface area contributed by atoms with Gasteiger partial charge in [0.1, 0.15) is 0 Å². The average Bonchev–Trinajstić information content (AvgIpc) is 2.37. The van der Waals surface area contributed by atoms with Gasteiger partial charge in [-0.2, -0.15) is 0 Å². The molecule has 2 N–H and O–H groups in total. The Balaban J connectivity index is 2.37. The third kappa shape index (κ3) is 4.82. The second-order valence-corrected chi connectivity index (χ2v) is 5.30. The maximum Gasteiger partial charge on any atom is 0.191 e. The van der Waals surface area contributed by atoms with Crippen LogP contribution in [0.15, 0.2) is 4.99 Å². The predicted octanol–water partition coefficient (Wildman–Crippen LogP) is 0.196. The van der Waals surface area contributed by atoms with Crippen molar-refractivity contribution in [3.8, 4) is 0 Å². The smallest absolute Gasteiger partial charge is 0.191 e. The average molecular weight is 255 g/mol. The van der Waals surface area contributed by atoms with Gasteiger partial charge in [-0.3, -0.25) is 9.89 Å². The van der Waals surface area contributed by atoms with Gasteiger partial charge in [-0.05, 0) is 27.4 Å². The van der Waals surface area contributed by atoms with Gasteiger partial charge in [-0.25, -0.2) is 0 Å². The van der Waals surface area contributed by atoms with Gasteiger partial charge in [-0.1, -0.05) is 6.92 Å². The van der Waals surface area contributed by atoms with Crippen molar-refractivity contribution in [1.82, 2.24) is 20.4 Å². The highest BCUT2D eigenvalue weighted by Crippen LogP contribution is 2.04. The quantitative estimate of drug-likeness (QED) is 0.556. The molecule has 0 aliphatic carbocycles. The lowest BCUT2D eigenvalue weighted by Gasteiger charge is -2.38. The van der Waals surface area contributed by atoms with Crippen molar-refractivity contribution in [3.63, 3.8) is 0 Å². The molecule has 1 heterocycles. The van der Waals surface area contributed by atoms with Gasteiger partial charge in [0.05, 0.1) is 0 Å². The van der Waals surface area contributed by atoms with Crippen LogP contribution in [0, 0.1) is 0 Å². The minimum absolute atomic E-state index is 0.461. The Morgan fingerprint density at radius 1 is 1.39 bits per heavy atom. The van der Waals surface area contributed by atoms with Gasteiger partial charge in [0.2, 0.25) is 0 Å². The van der Waals surface area contributed by atoms with Crippen LogP contribution in [-0.4, -0.2) is 75.2 Å². The highest BCUT2D eigenvalue weighted by molar-refractivity contribution is 5.79. The number of piperazine rings is 1. The van der Waals surface area contributed by atoms with E-state index in [1.54, 1.807) is 0 Å². The highest BCUT2D eigenvalue weighted by Gasteiger charge is 2.22. The van der Waals surface area contributed by atoms with Crippen LogP contribution in [-0.2, 0) is 0 Å². The van der Waals surface area contributed by atoms with E-state index in [2.05, 4.69) is 53.4 Å². The predicted molar refractivity (Wildman–Crippen MR) is 78.2 cm³/mol. The SMILES string of the molecule is CCC(C)NC(=NC)NCC1CN(C)CCN1C. The van der Waals surface area contributed by atoms with Crippen LogP contribution in [0.5, 0.6) is 0 Å². The van der Waals surface area contributed by atoms with E-state index in [0.717, 1.165) is 38.6 Å². The van der Waals surface area contributed by atoms with E-state index in [1.165, 1.54) is 0 Å². The summed E-state index contributed by atoms with van der Waals surface area (Å²) in [5, 5.41) is 6.81. The molecule has 1 aliphatic rings. The molecule has 18 heavy (non-hydrogen) atoms. The first kappa shape index (κ1) is 15.2. The number of likely N-dealkylation sites (N-methyl/N-ethyl adjacent to an activating group) is 2. The second-order valence-electron chi connectivity index (χ2n) is 5.30. The number of nitrogens with zero attached hydrogens (tertiary/aromatic N) is 3. The summed E-state index contributed by atoms with van der Waals surface area (Å²) in [7, 11) is 6.21. The number of guanidine groups is 1. The third-order valence-corrected chi connectivity index (χ3v) is 3.70. The van der Waals surface area contributed by atoms with E-state index in [1.807, 2.05) is 7.05 Å². The van der Waals surface area contributed by atoms with E-state index >= 15 is 0 Å². The molecule has 1 aliphatic heterocycles. The van der Waals surface area contributed by atoms with E-state index in [0.29, 0.717) is 12.1 Å². The van der Waals surface area contributed by atoms with Crippen molar-refractivity contribution in [2.24, 2.45) is 4.99 Å². The van der Waals surface area contributed by atoms with Gasteiger partial charge in [0.25, 0.3) is 0 Å². The molecule has 0 bridgehead atoms. The van der Waals surface area contributed by atoms with Crippen molar-refractivity contribution in [1.29, 1.82) is 0 Å². The van der Waals surface area contributed by atoms with Crippen LogP contribution < -0.4 is 10.6 Å². The summed E-state index contributed by atoms with van der Waals surface area (Å²) >= 11 is 0. The molecule has 0 amide bonds. The third-order valence-electron chi connectivity index (χ3n) is 3.70. The molecule has 0 aromatic heterocycles. The molecular weight excluding hydrogens is 226 g/mol. The van der Waals surface area contributed by atoms with Gasteiger partial charge in [-0.15, -0.1) is 0 Å². The second kappa shape index (κ2) is 7.59. The van der Waals surface area contributed by atoms with Crippen LogP contribution in [0.3, 0.4) is 0 Å². The van der Waals surface area contributed by atoms with Crippen molar-refractivity contribution in [2.75, 3.05) is 47.3 Å². The minimum atomic E-state index is 0.461. The Labute approximate surface area is 112 Å². The van der Waals surface area contributed by atoms with Gasteiger partial charge < -0.3 is 15.5 Å². The molecule has 1 fully saturated rings. The van der Waals surface area contributed by atoms with E-state index in [4.69, 9.17) is 0 Å². The number of hydrogen-bond donors (Lipinski definition) is 2. The molecule has 0 spiro atoms. The summed E-state index contributed by atoms with van der Waals surface area (Å²) < 4.78 is 0. The summed E-state index contributed by atoms with van der Waals surface area (Å²) in [4.78, 5) is 9.07. The number of aliphatic imine (C=N–C) groups is 1. The molecule has 0 saturated carbocycles. The van der Waals surface area contributed by atoms with Gasteiger partial charge in [0.15, 0.2) is 5.96 Å². The lowest BCUT2D eigenvalue weighted by Crippen LogP contribution is -2.55. The Morgan fingerprint density at radius 2 is 2.11 bits per heavy atom. The Kier molecular flexibility index (Phi) is 6.43. The first-order valence-electron chi connectivity index (χ1n) is 6.92. The molecule has 2 unspecified atom stereocenters. The summed E-state index contributed by atoms with van der Waals surface area (Å²) in [5.41, 5.74) is 0. The lowest BCUT2D eigenvalue weighted by atomic mass is 10.2. The Morgan fingerprint density at radius 3 is 2.72 bits per heavy atom. The molecule has 106 valence electrons. The Hall–Kier alpha value is -0.810. The summed E-state index contributed by atoms with van der Waals surface area (Å²) in [6, 6.07) is 1.02. The monoisotopic (exact) mass is 255 g/mol. The molecular formula is C13H29N5. The number of nitrogens with one attached hydrogen (secondary N) is 2. The maximum atomic E-state index is 4.27. The summed E-state index contributed by atoms with van der Waals surface area (Å²) in [6.45, 7) is 8.70. The first-order valence-corrected chi connectivity index (χ1v) is 6.92. The molecule has 0 radical (unpaired) electrons. The molecule has 5 nitrogen and oxygen atoms in total. The molecule has 1 saturated heterocycles. The fraction of sp³-hybridized carbons (Fsp3) is 0.923. The maximum absolute atomic E-state index is 4.27. The molecule has 0 aromatic rings. The van der Waals surface area contributed by atoms with Crippen LogP contribution in [0.2, 0.25) is 0 Å². The van der Waals surface area contributed by atoms with Crippen LogP contribution in [0.4, 0.5) is 0 Å². The highest BCUT2D eigenvalue weighted by atomic mass is 15.3. The van der Waals surface area contributed by atoms with Crippen molar-refractivity contribution < 1.29 is 0 Å². The van der Waals surface area contributed by atoms with Crippen LogP contribution in [0.25, 0.3) is 0 Å². The fourth-order valence-electron chi connectivity index (χ4n) is 2.07. The van der Waals surface area contributed by atoms with Gasteiger partial charge in [0, 0.05) is 45.3 Å². The molecule has 1 rings (SSSR count). The zero-order chi connectivity index (χ0) is 13.5. The number of hydrogen-bond acceptors (Lipinski definition) is 3. The standard InChI is InChI=1S/C13H29N5/c1-6-11(2)16-13(14-3)15-9-12-10-17(4)7-8-18(12)5/h11-12H,6-10H2,1-5H3,(H2,14,15,16). The Bertz CT molecular complexity index is 266. The lowest BCUT2D eigenvalue weighted by molar-refractivity contribution is 0.116.